The van der Waals surface area contributed by atoms with Gasteiger partial charge in [0.25, 0.3) is 0 Å². The summed E-state index contributed by atoms with van der Waals surface area (Å²) < 4.78 is 10.4. The average Bonchev–Trinajstić information content (AvgIpc) is 2.29. The van der Waals surface area contributed by atoms with Crippen molar-refractivity contribution in [2.75, 3.05) is 20.8 Å². The van der Waals surface area contributed by atoms with Gasteiger partial charge in [-0.1, -0.05) is 17.7 Å². The predicted molar refractivity (Wildman–Crippen MR) is 63.4 cm³/mol. The molecule has 0 aliphatic carbocycles. The Morgan fingerprint density at radius 2 is 1.94 bits per heavy atom. The largest absolute Gasteiger partial charge is 0.493 e. The summed E-state index contributed by atoms with van der Waals surface area (Å²) in [5, 5.41) is 10.5. The maximum Gasteiger partial charge on any atom is 0.161 e. The number of hydrogen-bond donors (Lipinski definition) is 0. The average molecular weight is 221 g/mol. The summed E-state index contributed by atoms with van der Waals surface area (Å²) >= 11 is 0. The second-order valence-electron chi connectivity index (χ2n) is 3.56. The van der Waals surface area contributed by atoms with Crippen molar-refractivity contribution in [1.29, 1.82) is 0 Å². The fourth-order valence-electron chi connectivity index (χ4n) is 1.46. The van der Waals surface area contributed by atoms with E-state index in [0.29, 0.717) is 17.9 Å². The first kappa shape index (κ1) is 12.6. The van der Waals surface area contributed by atoms with Gasteiger partial charge in [-0.2, -0.15) is 0 Å². The molecule has 16 heavy (non-hydrogen) atoms. The first-order valence-electron chi connectivity index (χ1n) is 5.18. The van der Waals surface area contributed by atoms with Crippen molar-refractivity contribution in [2.45, 2.75) is 13.3 Å². The Bertz CT molecular complexity index is 369. The van der Waals surface area contributed by atoms with Crippen LogP contribution in [0, 0.1) is 0 Å². The van der Waals surface area contributed by atoms with Crippen LogP contribution in [0.15, 0.2) is 23.8 Å². The molecule has 0 atom stereocenters. The zero-order chi connectivity index (χ0) is 12.0. The van der Waals surface area contributed by atoms with Crippen molar-refractivity contribution >= 4 is 6.08 Å². The molecule has 0 aliphatic heterocycles. The van der Waals surface area contributed by atoms with Gasteiger partial charge >= 0.3 is 0 Å². The molecule has 3 nitrogen and oxygen atoms in total. The first-order chi connectivity index (χ1) is 7.71. The molecule has 1 aromatic rings. The van der Waals surface area contributed by atoms with Crippen molar-refractivity contribution in [3.8, 4) is 11.5 Å². The Hall–Kier alpha value is -1.48. The van der Waals surface area contributed by atoms with Gasteiger partial charge in [-0.25, -0.2) is 5.11 Å². The monoisotopic (exact) mass is 221 g/mol. The summed E-state index contributed by atoms with van der Waals surface area (Å²) in [6.45, 7) is 1.88. The third-order valence-corrected chi connectivity index (χ3v) is 2.32. The van der Waals surface area contributed by atoms with Crippen LogP contribution in [-0.2, 0) is 5.11 Å². The molecule has 0 N–H and O–H groups in total. The third-order valence-electron chi connectivity index (χ3n) is 2.32. The maximum atomic E-state index is 10.5. The molecule has 0 spiro atoms. The molecule has 0 amide bonds. The van der Waals surface area contributed by atoms with Crippen LogP contribution in [0.4, 0.5) is 0 Å². The van der Waals surface area contributed by atoms with Crippen molar-refractivity contribution < 1.29 is 14.6 Å². The lowest BCUT2D eigenvalue weighted by atomic mass is 10.1. The Kier molecular flexibility index (Phi) is 4.86. The molecule has 0 heterocycles. The second kappa shape index (κ2) is 6.18. The van der Waals surface area contributed by atoms with Crippen LogP contribution >= 0.6 is 0 Å². The molecular weight excluding hydrogens is 204 g/mol. The van der Waals surface area contributed by atoms with Crippen molar-refractivity contribution in [3.05, 3.63) is 29.3 Å². The minimum absolute atomic E-state index is 0.0738. The van der Waals surface area contributed by atoms with Crippen molar-refractivity contribution in [3.63, 3.8) is 0 Å². The topological polar surface area (TPSA) is 38.4 Å². The molecule has 87 valence electrons. The standard InChI is InChI=1S/C13H17O3/c1-10(6-7-14)8-11-4-5-12(15-2)13(9-11)16-3/h4-5,8-9H,6-7H2,1-3H3. The van der Waals surface area contributed by atoms with Gasteiger partial charge in [-0.3, -0.25) is 0 Å². The van der Waals surface area contributed by atoms with Gasteiger partial charge in [0, 0.05) is 0 Å². The Morgan fingerprint density at radius 1 is 1.25 bits per heavy atom. The van der Waals surface area contributed by atoms with Gasteiger partial charge in [0.1, 0.15) is 0 Å². The van der Waals surface area contributed by atoms with E-state index < -0.39 is 0 Å². The van der Waals surface area contributed by atoms with Crippen molar-refractivity contribution in [2.24, 2.45) is 0 Å². The molecule has 0 unspecified atom stereocenters. The van der Waals surface area contributed by atoms with Crippen LogP contribution in [-0.4, -0.2) is 20.8 Å². The first-order valence-corrected chi connectivity index (χ1v) is 5.18. The molecule has 0 saturated carbocycles. The zero-order valence-electron chi connectivity index (χ0n) is 9.95. The SMILES string of the molecule is COc1ccc(C=C(C)CC[O])cc1OC. The third kappa shape index (κ3) is 3.28. The van der Waals surface area contributed by atoms with E-state index in [9.17, 15) is 5.11 Å². The molecular formula is C13H17O3. The lowest BCUT2D eigenvalue weighted by Crippen LogP contribution is -1.91. The quantitative estimate of drug-likeness (QED) is 0.766. The molecule has 0 fully saturated rings. The normalized spacial score (nSPS) is 11.4. The van der Waals surface area contributed by atoms with Gasteiger partial charge in [0.2, 0.25) is 0 Å². The maximum absolute atomic E-state index is 10.5. The molecule has 0 saturated heterocycles. The van der Waals surface area contributed by atoms with Gasteiger partial charge in [0.15, 0.2) is 11.5 Å². The van der Waals surface area contributed by atoms with E-state index in [2.05, 4.69) is 0 Å². The van der Waals surface area contributed by atoms with Crippen LogP contribution < -0.4 is 9.47 Å². The van der Waals surface area contributed by atoms with Gasteiger partial charge in [0.05, 0.1) is 20.8 Å². The number of methoxy groups -OCH3 is 2. The van der Waals surface area contributed by atoms with Crippen LogP contribution in [0.25, 0.3) is 6.08 Å². The second-order valence-corrected chi connectivity index (χ2v) is 3.56. The molecule has 0 aliphatic rings. The highest BCUT2D eigenvalue weighted by Crippen LogP contribution is 2.28. The minimum Gasteiger partial charge on any atom is -0.493 e. The molecule has 0 bridgehead atoms. The summed E-state index contributed by atoms with van der Waals surface area (Å²) in [4.78, 5) is 0. The summed E-state index contributed by atoms with van der Waals surface area (Å²) in [5.74, 6) is 1.41. The van der Waals surface area contributed by atoms with E-state index in [1.165, 1.54) is 0 Å². The van der Waals surface area contributed by atoms with E-state index in [0.717, 1.165) is 11.1 Å². The molecule has 1 aromatic carbocycles. The number of ether oxygens (including phenoxy) is 2. The highest BCUT2D eigenvalue weighted by atomic mass is 16.5. The van der Waals surface area contributed by atoms with Gasteiger partial charge in [-0.15, -0.1) is 0 Å². The smallest absolute Gasteiger partial charge is 0.161 e. The van der Waals surface area contributed by atoms with Crippen LogP contribution in [0.2, 0.25) is 0 Å². The fourth-order valence-corrected chi connectivity index (χ4v) is 1.46. The van der Waals surface area contributed by atoms with E-state index in [4.69, 9.17) is 9.47 Å². The Balaban J connectivity index is 2.94. The predicted octanol–water partition coefficient (Wildman–Crippen LogP) is 2.93. The fraction of sp³-hybridized carbons (Fsp3) is 0.385. The summed E-state index contributed by atoms with van der Waals surface area (Å²) in [6, 6.07) is 5.69. The minimum atomic E-state index is -0.0738. The van der Waals surface area contributed by atoms with E-state index in [-0.39, 0.29) is 6.61 Å². The van der Waals surface area contributed by atoms with Crippen LogP contribution in [0.3, 0.4) is 0 Å². The van der Waals surface area contributed by atoms with Crippen LogP contribution in [0.5, 0.6) is 11.5 Å². The molecule has 1 radical (unpaired) electrons. The van der Waals surface area contributed by atoms with E-state index >= 15 is 0 Å². The number of hydrogen-bond acceptors (Lipinski definition) is 2. The van der Waals surface area contributed by atoms with E-state index in [1.807, 2.05) is 31.2 Å². The Morgan fingerprint density at radius 3 is 2.50 bits per heavy atom. The highest BCUT2D eigenvalue weighted by molar-refractivity contribution is 5.57. The zero-order valence-corrected chi connectivity index (χ0v) is 9.95. The molecule has 0 aromatic heterocycles. The lowest BCUT2D eigenvalue weighted by Gasteiger charge is -2.08. The molecule has 3 heteroatoms. The Labute approximate surface area is 96.3 Å². The lowest BCUT2D eigenvalue weighted by molar-refractivity contribution is 0.197. The number of benzene rings is 1. The van der Waals surface area contributed by atoms with Crippen LogP contribution in [0.1, 0.15) is 18.9 Å². The molecule has 1 rings (SSSR count). The number of rotatable bonds is 5. The van der Waals surface area contributed by atoms with E-state index in [1.54, 1.807) is 14.2 Å². The summed E-state index contributed by atoms with van der Waals surface area (Å²) in [7, 11) is 3.21. The van der Waals surface area contributed by atoms with Gasteiger partial charge in [-0.05, 0) is 31.0 Å². The summed E-state index contributed by atoms with van der Waals surface area (Å²) in [6.07, 6.45) is 2.56. The van der Waals surface area contributed by atoms with Gasteiger partial charge < -0.3 is 9.47 Å². The summed E-state index contributed by atoms with van der Waals surface area (Å²) in [5.41, 5.74) is 2.09. The highest BCUT2D eigenvalue weighted by Gasteiger charge is 2.03. The van der Waals surface area contributed by atoms with Crippen molar-refractivity contribution in [1.82, 2.24) is 0 Å².